The first-order valence-electron chi connectivity index (χ1n) is 5.29. The van der Waals surface area contributed by atoms with Crippen LogP contribution in [-0.2, 0) is 4.84 Å². The van der Waals surface area contributed by atoms with Gasteiger partial charge >= 0.3 is 0 Å². The molecule has 1 aromatic carbocycles. The van der Waals surface area contributed by atoms with Crippen molar-refractivity contribution in [1.82, 2.24) is 10.5 Å². The van der Waals surface area contributed by atoms with Crippen LogP contribution in [0.25, 0.3) is 10.9 Å². The molecule has 0 bridgehead atoms. The van der Waals surface area contributed by atoms with Gasteiger partial charge in [-0.3, -0.25) is 14.6 Å². The van der Waals surface area contributed by atoms with Gasteiger partial charge in [0.1, 0.15) is 0 Å². The monoisotopic (exact) mass is 284 g/mol. The van der Waals surface area contributed by atoms with Gasteiger partial charge in [-0.15, -0.1) is 0 Å². The van der Waals surface area contributed by atoms with Gasteiger partial charge in [0.2, 0.25) is 0 Å². The fourth-order valence-electron chi connectivity index (χ4n) is 1.55. The summed E-state index contributed by atoms with van der Waals surface area (Å²) in [6, 6.07) is 5.11. The maximum atomic E-state index is 11.9. The normalized spacial score (nSPS) is 10.6. The van der Waals surface area contributed by atoms with E-state index in [1.54, 1.807) is 25.1 Å². The molecule has 0 aliphatic carbocycles. The van der Waals surface area contributed by atoms with E-state index in [2.05, 4.69) is 10.5 Å². The molecule has 0 saturated heterocycles. The number of rotatable bonds is 3. The smallest absolute Gasteiger partial charge is 0.274 e. The van der Waals surface area contributed by atoms with Crippen LogP contribution in [0.4, 0.5) is 0 Å². The molecule has 0 fully saturated rings. The van der Waals surface area contributed by atoms with E-state index < -0.39 is 5.91 Å². The molecule has 94 valence electrons. The van der Waals surface area contributed by atoms with Gasteiger partial charge in [0, 0.05) is 11.6 Å². The summed E-state index contributed by atoms with van der Waals surface area (Å²) in [4.78, 5) is 20.9. The van der Waals surface area contributed by atoms with Crippen molar-refractivity contribution in [3.63, 3.8) is 0 Å². The molecule has 2 aromatic rings. The lowest BCUT2D eigenvalue weighted by Gasteiger charge is -2.08. The van der Waals surface area contributed by atoms with E-state index in [-0.39, 0.29) is 5.56 Å². The molecule has 0 atom stereocenters. The molecule has 0 unspecified atom stereocenters. The van der Waals surface area contributed by atoms with Crippen molar-refractivity contribution < 1.29 is 9.63 Å². The molecular formula is C12H10Cl2N2O2. The van der Waals surface area contributed by atoms with Gasteiger partial charge in [-0.2, -0.15) is 0 Å². The number of hydrogen-bond acceptors (Lipinski definition) is 3. The van der Waals surface area contributed by atoms with Crippen LogP contribution < -0.4 is 5.48 Å². The number of nitrogens with one attached hydrogen (secondary N) is 1. The van der Waals surface area contributed by atoms with Gasteiger partial charge in [-0.25, -0.2) is 5.48 Å². The number of nitrogens with zero attached hydrogens (tertiary/aromatic N) is 1. The summed E-state index contributed by atoms with van der Waals surface area (Å²) in [5.41, 5.74) is 3.07. The Hall–Kier alpha value is -1.36. The van der Waals surface area contributed by atoms with Crippen molar-refractivity contribution >= 4 is 40.0 Å². The minimum atomic E-state index is -0.428. The zero-order valence-electron chi connectivity index (χ0n) is 9.54. The van der Waals surface area contributed by atoms with Gasteiger partial charge in [0.15, 0.2) is 0 Å². The minimum absolute atomic E-state index is 0.277. The predicted octanol–water partition coefficient (Wildman–Crippen LogP) is 3.22. The Morgan fingerprint density at radius 2 is 2.22 bits per heavy atom. The number of fused-ring (bicyclic) bond motifs is 1. The standard InChI is InChI=1S/C12H10Cl2N2O2/c1-2-18-16-12(17)10-9(14)4-3-7-5-8(13)6-15-11(7)10/h3-6H,2H2,1H3,(H,16,17). The predicted molar refractivity (Wildman–Crippen MR) is 70.9 cm³/mol. The number of halogens is 2. The van der Waals surface area contributed by atoms with E-state index in [1.807, 2.05) is 0 Å². The maximum Gasteiger partial charge on any atom is 0.278 e. The highest BCUT2D eigenvalue weighted by Gasteiger charge is 2.15. The van der Waals surface area contributed by atoms with Crippen molar-refractivity contribution in [2.24, 2.45) is 0 Å². The quantitative estimate of drug-likeness (QED) is 0.881. The molecule has 0 aliphatic rings. The second-order valence-electron chi connectivity index (χ2n) is 3.51. The van der Waals surface area contributed by atoms with E-state index in [0.717, 1.165) is 5.39 Å². The van der Waals surface area contributed by atoms with Crippen LogP contribution >= 0.6 is 23.2 Å². The summed E-state index contributed by atoms with van der Waals surface area (Å²) in [5.74, 6) is -0.428. The van der Waals surface area contributed by atoms with Crippen LogP contribution in [0.2, 0.25) is 10.0 Å². The highest BCUT2D eigenvalue weighted by molar-refractivity contribution is 6.35. The van der Waals surface area contributed by atoms with Crippen LogP contribution in [0.15, 0.2) is 24.4 Å². The minimum Gasteiger partial charge on any atom is -0.274 e. The average molecular weight is 285 g/mol. The van der Waals surface area contributed by atoms with Crippen molar-refractivity contribution in [3.8, 4) is 0 Å². The van der Waals surface area contributed by atoms with E-state index >= 15 is 0 Å². The fourth-order valence-corrected chi connectivity index (χ4v) is 1.96. The first kappa shape index (κ1) is 13.1. The third kappa shape index (κ3) is 2.56. The molecule has 1 amide bonds. The van der Waals surface area contributed by atoms with Gasteiger partial charge in [0.25, 0.3) is 5.91 Å². The zero-order chi connectivity index (χ0) is 13.1. The topological polar surface area (TPSA) is 51.2 Å². The van der Waals surface area contributed by atoms with Crippen molar-refractivity contribution in [2.75, 3.05) is 6.61 Å². The van der Waals surface area contributed by atoms with E-state index in [0.29, 0.717) is 22.2 Å². The number of hydrogen-bond donors (Lipinski definition) is 1. The summed E-state index contributed by atoms with van der Waals surface area (Å²) in [7, 11) is 0. The Bertz CT molecular complexity index is 602. The largest absolute Gasteiger partial charge is 0.278 e. The number of amides is 1. The summed E-state index contributed by atoms with van der Waals surface area (Å²) >= 11 is 11.9. The second kappa shape index (κ2) is 5.52. The molecule has 2 rings (SSSR count). The van der Waals surface area contributed by atoms with Crippen LogP contribution in [0.3, 0.4) is 0 Å². The summed E-state index contributed by atoms with van der Waals surface area (Å²) < 4.78 is 0. The molecule has 0 spiro atoms. The highest BCUT2D eigenvalue weighted by Crippen LogP contribution is 2.26. The van der Waals surface area contributed by atoms with Crippen LogP contribution in [0.5, 0.6) is 0 Å². The summed E-state index contributed by atoms with van der Waals surface area (Å²) in [6.45, 7) is 2.14. The van der Waals surface area contributed by atoms with Gasteiger partial charge in [-0.1, -0.05) is 29.3 Å². The highest BCUT2D eigenvalue weighted by atomic mass is 35.5. The lowest BCUT2D eigenvalue weighted by Crippen LogP contribution is -2.24. The summed E-state index contributed by atoms with van der Waals surface area (Å²) in [5, 5.41) is 1.56. The van der Waals surface area contributed by atoms with E-state index in [9.17, 15) is 4.79 Å². The first-order valence-corrected chi connectivity index (χ1v) is 6.05. The number of aromatic nitrogens is 1. The molecular weight excluding hydrogens is 275 g/mol. The van der Waals surface area contributed by atoms with Crippen molar-refractivity contribution in [2.45, 2.75) is 6.92 Å². The Morgan fingerprint density at radius 3 is 2.94 bits per heavy atom. The number of pyridine rings is 1. The van der Waals surface area contributed by atoms with Crippen molar-refractivity contribution in [1.29, 1.82) is 0 Å². The van der Waals surface area contributed by atoms with Gasteiger partial charge in [0.05, 0.1) is 27.7 Å². The number of carbonyl (C=O) groups is 1. The SMILES string of the molecule is CCONC(=O)c1c(Cl)ccc2cc(Cl)cnc12. The second-order valence-corrected chi connectivity index (χ2v) is 4.36. The van der Waals surface area contributed by atoms with E-state index in [1.165, 1.54) is 6.20 Å². The maximum absolute atomic E-state index is 11.9. The van der Waals surface area contributed by atoms with Crippen LogP contribution in [0, 0.1) is 0 Å². The Kier molecular flexibility index (Phi) is 4.01. The number of benzene rings is 1. The molecule has 1 aromatic heterocycles. The van der Waals surface area contributed by atoms with Crippen molar-refractivity contribution in [3.05, 3.63) is 40.0 Å². The third-order valence-corrected chi connectivity index (χ3v) is 2.83. The Balaban J connectivity index is 2.54. The zero-order valence-corrected chi connectivity index (χ0v) is 11.0. The van der Waals surface area contributed by atoms with Gasteiger partial charge < -0.3 is 0 Å². The Labute approximate surface area is 114 Å². The molecule has 6 heteroatoms. The third-order valence-electron chi connectivity index (χ3n) is 2.30. The lowest BCUT2D eigenvalue weighted by atomic mass is 10.1. The summed E-state index contributed by atoms with van der Waals surface area (Å²) in [6.07, 6.45) is 1.47. The molecule has 4 nitrogen and oxygen atoms in total. The average Bonchev–Trinajstić information content (AvgIpc) is 2.36. The molecule has 0 saturated carbocycles. The lowest BCUT2D eigenvalue weighted by molar-refractivity contribution is 0.0366. The van der Waals surface area contributed by atoms with Crippen LogP contribution in [0.1, 0.15) is 17.3 Å². The Morgan fingerprint density at radius 1 is 1.44 bits per heavy atom. The number of hydroxylamine groups is 1. The molecule has 1 N–H and O–H groups in total. The first-order chi connectivity index (χ1) is 8.63. The molecule has 0 radical (unpaired) electrons. The van der Waals surface area contributed by atoms with Crippen LogP contribution in [-0.4, -0.2) is 17.5 Å². The molecule has 18 heavy (non-hydrogen) atoms. The van der Waals surface area contributed by atoms with E-state index in [4.69, 9.17) is 28.0 Å². The van der Waals surface area contributed by atoms with Gasteiger partial charge in [-0.05, 0) is 19.1 Å². The molecule has 1 heterocycles. The molecule has 0 aliphatic heterocycles. The fraction of sp³-hybridized carbons (Fsp3) is 0.167. The number of carbonyl (C=O) groups excluding carboxylic acids is 1.